The Kier molecular flexibility index (Phi) is 6.39. The number of hydrogen-bond acceptors (Lipinski definition) is 7. The van der Waals surface area contributed by atoms with Crippen LogP contribution in [0, 0.1) is 0 Å². The summed E-state index contributed by atoms with van der Waals surface area (Å²) in [5.41, 5.74) is 2.28. The third kappa shape index (κ3) is 4.64. The number of amides is 1. The number of carbonyl (C=O) groups excluding carboxylic acids is 1. The summed E-state index contributed by atoms with van der Waals surface area (Å²) in [5.74, 6) is 2.23. The highest BCUT2D eigenvalue weighted by Crippen LogP contribution is 2.33. The van der Waals surface area contributed by atoms with Crippen LogP contribution in [0.5, 0.6) is 5.75 Å². The molecule has 1 fully saturated rings. The molecule has 172 valence electrons. The van der Waals surface area contributed by atoms with E-state index in [4.69, 9.17) is 4.74 Å². The van der Waals surface area contributed by atoms with Gasteiger partial charge in [-0.2, -0.15) is 0 Å². The van der Waals surface area contributed by atoms with E-state index in [2.05, 4.69) is 48.8 Å². The van der Waals surface area contributed by atoms with E-state index in [1.807, 2.05) is 42.2 Å². The number of ether oxygens (including phenoxy) is 1. The zero-order valence-corrected chi connectivity index (χ0v) is 19.6. The average Bonchev–Trinajstić information content (AvgIpc) is 3.47. The molecule has 0 N–H and O–H groups in total. The van der Waals surface area contributed by atoms with Crippen molar-refractivity contribution in [3.05, 3.63) is 54.6 Å². The van der Waals surface area contributed by atoms with E-state index >= 15 is 0 Å². The molecular formula is C24H28N6O2S. The number of anilines is 3. The Balaban J connectivity index is 1.16. The number of aromatic nitrogens is 3. The van der Waals surface area contributed by atoms with E-state index in [0.29, 0.717) is 12.4 Å². The Labute approximate surface area is 198 Å². The Hall–Kier alpha value is -3.20. The van der Waals surface area contributed by atoms with E-state index in [9.17, 15) is 4.79 Å². The largest absolute Gasteiger partial charge is 0.494 e. The molecule has 9 heteroatoms. The van der Waals surface area contributed by atoms with Crippen LogP contribution in [0.2, 0.25) is 0 Å². The van der Waals surface area contributed by atoms with Gasteiger partial charge in [0.15, 0.2) is 5.16 Å². The number of fused-ring (bicyclic) bond motifs is 1. The normalized spacial score (nSPS) is 15.6. The van der Waals surface area contributed by atoms with Crippen molar-refractivity contribution in [2.45, 2.75) is 18.6 Å². The van der Waals surface area contributed by atoms with E-state index in [1.54, 1.807) is 0 Å². The number of rotatable bonds is 7. The number of piperazine rings is 1. The van der Waals surface area contributed by atoms with Crippen molar-refractivity contribution in [3.8, 4) is 5.75 Å². The molecular weight excluding hydrogens is 436 g/mol. The van der Waals surface area contributed by atoms with Crippen LogP contribution in [0.3, 0.4) is 0 Å². The quantitative estimate of drug-likeness (QED) is 0.497. The van der Waals surface area contributed by atoms with E-state index in [1.165, 1.54) is 17.4 Å². The Morgan fingerprint density at radius 1 is 0.909 bits per heavy atom. The first kappa shape index (κ1) is 21.6. The molecule has 0 bridgehead atoms. The fraction of sp³-hybridized carbons (Fsp3) is 0.375. The first-order valence-corrected chi connectivity index (χ1v) is 12.4. The van der Waals surface area contributed by atoms with Crippen molar-refractivity contribution in [2.24, 2.45) is 0 Å². The molecule has 1 aromatic heterocycles. The Morgan fingerprint density at radius 2 is 1.67 bits per heavy atom. The maximum absolute atomic E-state index is 12.8. The number of hydrogen-bond donors (Lipinski definition) is 0. The molecule has 5 rings (SSSR count). The number of thioether (sulfide) groups is 1. The predicted octanol–water partition coefficient (Wildman–Crippen LogP) is 3.27. The summed E-state index contributed by atoms with van der Waals surface area (Å²) in [6.07, 6.45) is 0. The zero-order chi connectivity index (χ0) is 22.6. The molecule has 0 unspecified atom stereocenters. The zero-order valence-electron chi connectivity index (χ0n) is 18.8. The van der Waals surface area contributed by atoms with E-state index in [0.717, 1.165) is 61.8 Å². The minimum atomic E-state index is 0.159. The van der Waals surface area contributed by atoms with Gasteiger partial charge in [0.2, 0.25) is 11.9 Å². The van der Waals surface area contributed by atoms with Gasteiger partial charge in [0.25, 0.3) is 0 Å². The van der Waals surface area contributed by atoms with Crippen molar-refractivity contribution < 1.29 is 9.53 Å². The van der Waals surface area contributed by atoms with Gasteiger partial charge < -0.3 is 19.4 Å². The first-order valence-electron chi connectivity index (χ1n) is 11.4. The van der Waals surface area contributed by atoms with Crippen molar-refractivity contribution in [1.29, 1.82) is 0 Å². The average molecular weight is 465 g/mol. The van der Waals surface area contributed by atoms with Crippen LogP contribution in [-0.4, -0.2) is 70.7 Å². The summed E-state index contributed by atoms with van der Waals surface area (Å²) in [5, 5.41) is 9.56. The topological polar surface area (TPSA) is 66.7 Å². The number of para-hydroxylation sites is 1. The molecule has 2 aliphatic heterocycles. The maximum Gasteiger partial charge on any atom is 0.233 e. The highest BCUT2D eigenvalue weighted by atomic mass is 32.2. The van der Waals surface area contributed by atoms with Gasteiger partial charge in [0.05, 0.1) is 12.4 Å². The summed E-state index contributed by atoms with van der Waals surface area (Å²) >= 11 is 1.48. The second-order valence-electron chi connectivity index (χ2n) is 8.00. The minimum Gasteiger partial charge on any atom is -0.494 e. The van der Waals surface area contributed by atoms with Crippen LogP contribution in [0.25, 0.3) is 0 Å². The van der Waals surface area contributed by atoms with E-state index < -0.39 is 0 Å². The SMILES string of the molecule is CCOc1ccc(N2CCn3c(SCC(=O)N4CCN(c5ccccc5)CC4)nnc32)cc1. The third-order valence-electron chi connectivity index (χ3n) is 6.02. The number of carbonyl (C=O) groups is 1. The second-order valence-corrected chi connectivity index (χ2v) is 8.95. The van der Waals surface area contributed by atoms with Gasteiger partial charge in [-0.3, -0.25) is 9.36 Å². The highest BCUT2D eigenvalue weighted by molar-refractivity contribution is 7.99. The summed E-state index contributed by atoms with van der Waals surface area (Å²) in [6, 6.07) is 18.4. The van der Waals surface area contributed by atoms with Crippen LogP contribution in [-0.2, 0) is 11.3 Å². The van der Waals surface area contributed by atoms with Gasteiger partial charge in [-0.25, -0.2) is 0 Å². The van der Waals surface area contributed by atoms with Gasteiger partial charge in [-0.15, -0.1) is 10.2 Å². The molecule has 3 heterocycles. The number of benzene rings is 2. The summed E-state index contributed by atoms with van der Waals surface area (Å²) in [7, 11) is 0. The van der Waals surface area contributed by atoms with Gasteiger partial charge in [0, 0.05) is 50.6 Å². The third-order valence-corrected chi connectivity index (χ3v) is 6.98. The smallest absolute Gasteiger partial charge is 0.233 e. The Morgan fingerprint density at radius 3 is 2.39 bits per heavy atom. The molecule has 8 nitrogen and oxygen atoms in total. The molecule has 0 saturated carbocycles. The highest BCUT2D eigenvalue weighted by Gasteiger charge is 2.27. The molecule has 1 amide bonds. The standard InChI is InChI=1S/C24H28N6O2S/c1-2-32-21-10-8-20(9-11-21)29-16-17-30-23(29)25-26-24(30)33-18-22(31)28-14-12-27(13-15-28)19-6-4-3-5-7-19/h3-11H,2,12-18H2,1H3. The van der Waals surface area contributed by atoms with Gasteiger partial charge in [-0.05, 0) is 43.3 Å². The van der Waals surface area contributed by atoms with Gasteiger partial charge >= 0.3 is 0 Å². The molecule has 0 aliphatic carbocycles. The van der Waals surface area contributed by atoms with Crippen molar-refractivity contribution >= 4 is 35.0 Å². The van der Waals surface area contributed by atoms with Crippen LogP contribution in [0.4, 0.5) is 17.3 Å². The fourth-order valence-electron chi connectivity index (χ4n) is 4.29. The summed E-state index contributed by atoms with van der Waals surface area (Å²) in [6.45, 7) is 7.49. The molecule has 0 radical (unpaired) electrons. The van der Waals surface area contributed by atoms with Crippen LogP contribution < -0.4 is 14.5 Å². The first-order chi connectivity index (χ1) is 16.2. The van der Waals surface area contributed by atoms with Gasteiger partial charge in [-0.1, -0.05) is 30.0 Å². The van der Waals surface area contributed by atoms with Crippen LogP contribution >= 0.6 is 11.8 Å². The lowest BCUT2D eigenvalue weighted by Crippen LogP contribution is -2.49. The van der Waals surface area contributed by atoms with Gasteiger partial charge in [0.1, 0.15) is 5.75 Å². The molecule has 0 spiro atoms. The lowest BCUT2D eigenvalue weighted by atomic mass is 10.2. The molecule has 0 atom stereocenters. The fourth-order valence-corrected chi connectivity index (χ4v) is 5.15. The summed E-state index contributed by atoms with van der Waals surface area (Å²) in [4.78, 5) is 19.3. The molecule has 2 aliphatic rings. The molecule has 33 heavy (non-hydrogen) atoms. The lowest BCUT2D eigenvalue weighted by molar-refractivity contribution is -0.128. The Bertz CT molecular complexity index is 1080. The van der Waals surface area contributed by atoms with Crippen molar-refractivity contribution in [1.82, 2.24) is 19.7 Å². The molecule has 3 aromatic rings. The number of nitrogens with zero attached hydrogens (tertiary/aromatic N) is 6. The van der Waals surface area contributed by atoms with Crippen molar-refractivity contribution in [3.63, 3.8) is 0 Å². The van der Waals surface area contributed by atoms with Crippen LogP contribution in [0.1, 0.15) is 6.92 Å². The van der Waals surface area contributed by atoms with Crippen LogP contribution in [0.15, 0.2) is 59.8 Å². The summed E-state index contributed by atoms with van der Waals surface area (Å²) < 4.78 is 7.64. The molecule has 2 aromatic carbocycles. The van der Waals surface area contributed by atoms with Crippen molar-refractivity contribution in [2.75, 3.05) is 54.9 Å². The minimum absolute atomic E-state index is 0.159. The monoisotopic (exact) mass is 464 g/mol. The lowest BCUT2D eigenvalue weighted by Gasteiger charge is -2.36. The maximum atomic E-state index is 12.8. The van der Waals surface area contributed by atoms with E-state index in [-0.39, 0.29) is 5.91 Å². The molecule has 1 saturated heterocycles. The second kappa shape index (κ2) is 9.74. The predicted molar refractivity (Wildman–Crippen MR) is 131 cm³/mol.